The number of aliphatic imine (C=N–C) groups is 1. The lowest BCUT2D eigenvalue weighted by molar-refractivity contribution is -0.525. The van der Waals surface area contributed by atoms with E-state index in [2.05, 4.69) is 41.1 Å². The van der Waals surface area contributed by atoms with E-state index in [0.717, 1.165) is 24.6 Å². The van der Waals surface area contributed by atoms with E-state index < -0.39 is 6.04 Å². The summed E-state index contributed by atoms with van der Waals surface area (Å²) in [5.41, 5.74) is 2.35. The van der Waals surface area contributed by atoms with Crippen molar-refractivity contribution >= 4 is 29.4 Å². The number of rotatable bonds is 3. The smallest absolute Gasteiger partial charge is 0.270 e. The van der Waals surface area contributed by atoms with Crippen LogP contribution >= 0.6 is 0 Å². The van der Waals surface area contributed by atoms with Crippen LogP contribution in [0.1, 0.15) is 19.4 Å². The molecule has 3 heterocycles. The zero-order valence-corrected chi connectivity index (χ0v) is 14.8. The number of nitrogens with zero attached hydrogens (tertiary/aromatic N) is 5. The van der Waals surface area contributed by atoms with Crippen molar-refractivity contribution in [3.63, 3.8) is 0 Å². The Kier molecular flexibility index (Phi) is 3.59. The van der Waals surface area contributed by atoms with Gasteiger partial charge in [0.05, 0.1) is 6.54 Å². The number of aryl methyl sites for hydroxylation is 1. The molecule has 0 aliphatic carbocycles. The van der Waals surface area contributed by atoms with Gasteiger partial charge in [0.1, 0.15) is 12.2 Å². The third-order valence-corrected chi connectivity index (χ3v) is 5.17. The van der Waals surface area contributed by atoms with Gasteiger partial charge in [0.25, 0.3) is 5.91 Å². The standard InChI is InChI=1S/C18H22N5O2/c1-4-12-6-8-13(9-7-12)22-10-11-23-14-15(19-17(22)23)20(3)18(25)21(5-2)16(14)24/h6-9,14H,4-5,10-11H2,1-3H3/q+1. The quantitative estimate of drug-likeness (QED) is 0.775. The summed E-state index contributed by atoms with van der Waals surface area (Å²) in [7, 11) is 1.69. The van der Waals surface area contributed by atoms with Gasteiger partial charge in [0, 0.05) is 13.6 Å². The number of likely N-dealkylation sites (N-methyl/N-ethyl adjacent to an activating group) is 2. The second-order valence-electron chi connectivity index (χ2n) is 6.46. The zero-order chi connectivity index (χ0) is 17.7. The summed E-state index contributed by atoms with van der Waals surface area (Å²) in [4.78, 5) is 34.7. The van der Waals surface area contributed by atoms with Gasteiger partial charge in [-0.3, -0.25) is 14.6 Å². The molecule has 1 saturated heterocycles. The minimum absolute atomic E-state index is 0.178. The average molecular weight is 340 g/mol. The number of carbonyl (C=O) groups is 2. The first-order valence-corrected chi connectivity index (χ1v) is 8.74. The Bertz CT molecular complexity index is 811. The Morgan fingerprint density at radius 2 is 1.92 bits per heavy atom. The number of fused-ring (bicyclic) bond motifs is 2. The number of hydrogen-bond donors (Lipinski definition) is 0. The number of anilines is 1. The van der Waals surface area contributed by atoms with Crippen LogP contribution in [0.3, 0.4) is 0 Å². The van der Waals surface area contributed by atoms with Gasteiger partial charge in [-0.2, -0.15) is 0 Å². The summed E-state index contributed by atoms with van der Waals surface area (Å²) < 4.78 is 2.01. The SMILES string of the molecule is CCc1ccc(N2CC[N+]3=C2N=C2C3C(=O)N(CC)C(=O)N2C)cc1. The molecule has 0 bridgehead atoms. The molecule has 0 aromatic heterocycles. The first-order chi connectivity index (χ1) is 12.1. The summed E-state index contributed by atoms with van der Waals surface area (Å²) in [6.07, 6.45) is 1.00. The van der Waals surface area contributed by atoms with Gasteiger partial charge in [-0.1, -0.05) is 24.0 Å². The molecule has 7 heteroatoms. The minimum atomic E-state index is -0.488. The van der Waals surface area contributed by atoms with Crippen molar-refractivity contribution in [2.24, 2.45) is 4.99 Å². The van der Waals surface area contributed by atoms with E-state index in [-0.39, 0.29) is 11.9 Å². The van der Waals surface area contributed by atoms with E-state index in [1.165, 1.54) is 15.4 Å². The Labute approximate surface area is 146 Å². The third kappa shape index (κ3) is 2.18. The van der Waals surface area contributed by atoms with Crippen LogP contribution in [0, 0.1) is 0 Å². The Morgan fingerprint density at radius 1 is 1.20 bits per heavy atom. The molecule has 1 unspecified atom stereocenters. The van der Waals surface area contributed by atoms with E-state index in [1.807, 2.05) is 11.5 Å². The van der Waals surface area contributed by atoms with Crippen molar-refractivity contribution in [2.45, 2.75) is 26.3 Å². The average Bonchev–Trinajstić information content (AvgIpc) is 3.19. The Hall–Kier alpha value is -2.70. The van der Waals surface area contributed by atoms with Crippen LogP contribution in [-0.2, 0) is 11.2 Å². The summed E-state index contributed by atoms with van der Waals surface area (Å²) in [6.45, 7) is 5.82. The molecule has 3 aliphatic heterocycles. The van der Waals surface area contributed by atoms with Crippen LogP contribution in [0.4, 0.5) is 10.5 Å². The van der Waals surface area contributed by atoms with Crippen LogP contribution < -0.4 is 4.90 Å². The lowest BCUT2D eigenvalue weighted by Crippen LogP contribution is -2.62. The molecule has 3 aliphatic rings. The van der Waals surface area contributed by atoms with Crippen molar-refractivity contribution in [3.05, 3.63) is 29.8 Å². The van der Waals surface area contributed by atoms with Gasteiger partial charge in [-0.15, -0.1) is 0 Å². The van der Waals surface area contributed by atoms with Gasteiger partial charge < -0.3 is 0 Å². The predicted molar refractivity (Wildman–Crippen MR) is 95.1 cm³/mol. The van der Waals surface area contributed by atoms with Gasteiger partial charge in [-0.05, 0) is 31.0 Å². The predicted octanol–water partition coefficient (Wildman–Crippen LogP) is 1.13. The van der Waals surface area contributed by atoms with Crippen molar-refractivity contribution in [1.29, 1.82) is 0 Å². The lowest BCUT2D eigenvalue weighted by Gasteiger charge is -2.33. The highest BCUT2D eigenvalue weighted by molar-refractivity contribution is 6.24. The molecule has 0 radical (unpaired) electrons. The molecular formula is C18H22N5O2+. The first-order valence-electron chi connectivity index (χ1n) is 8.74. The van der Waals surface area contributed by atoms with Crippen molar-refractivity contribution < 1.29 is 14.2 Å². The summed E-state index contributed by atoms with van der Waals surface area (Å²) in [6, 6.07) is 7.63. The number of imide groups is 1. The highest BCUT2D eigenvalue weighted by atomic mass is 16.2. The molecule has 1 atom stereocenters. The number of hydrogen-bond acceptors (Lipinski definition) is 4. The van der Waals surface area contributed by atoms with Crippen LogP contribution in [0.15, 0.2) is 29.3 Å². The van der Waals surface area contributed by atoms with E-state index in [4.69, 9.17) is 0 Å². The van der Waals surface area contributed by atoms with E-state index in [9.17, 15) is 9.59 Å². The van der Waals surface area contributed by atoms with E-state index >= 15 is 0 Å². The molecule has 0 N–H and O–H groups in total. The molecule has 1 aromatic rings. The minimum Gasteiger partial charge on any atom is -0.270 e. The van der Waals surface area contributed by atoms with Crippen LogP contribution in [0.5, 0.6) is 0 Å². The number of carbonyl (C=O) groups excluding carboxylic acids is 2. The lowest BCUT2D eigenvalue weighted by atomic mass is 10.1. The van der Waals surface area contributed by atoms with Crippen LogP contribution in [0.25, 0.3) is 0 Å². The highest BCUT2D eigenvalue weighted by Gasteiger charge is 2.55. The monoisotopic (exact) mass is 340 g/mol. The topological polar surface area (TPSA) is 59.2 Å². The van der Waals surface area contributed by atoms with Crippen molar-refractivity contribution in [3.8, 4) is 0 Å². The molecule has 3 amide bonds. The maximum atomic E-state index is 12.8. The molecule has 0 spiro atoms. The maximum Gasteiger partial charge on any atom is 0.397 e. The fourth-order valence-electron chi connectivity index (χ4n) is 3.71. The van der Waals surface area contributed by atoms with Crippen LogP contribution in [0.2, 0.25) is 0 Å². The Balaban J connectivity index is 1.71. The molecule has 7 nitrogen and oxygen atoms in total. The molecule has 0 saturated carbocycles. The number of urea groups is 1. The molecule has 1 fully saturated rings. The molecule has 1 aromatic carbocycles. The number of guanidine groups is 1. The summed E-state index contributed by atoms with van der Waals surface area (Å²) in [5.74, 6) is 1.11. The zero-order valence-electron chi connectivity index (χ0n) is 14.8. The van der Waals surface area contributed by atoms with Gasteiger partial charge >= 0.3 is 12.0 Å². The van der Waals surface area contributed by atoms with Gasteiger partial charge in [0.15, 0.2) is 0 Å². The van der Waals surface area contributed by atoms with Crippen LogP contribution in [-0.4, -0.2) is 70.8 Å². The molecule has 25 heavy (non-hydrogen) atoms. The molecular weight excluding hydrogens is 318 g/mol. The highest BCUT2D eigenvalue weighted by Crippen LogP contribution is 2.26. The normalized spacial score (nSPS) is 22.6. The van der Waals surface area contributed by atoms with E-state index in [1.54, 1.807) is 7.05 Å². The Morgan fingerprint density at radius 3 is 2.56 bits per heavy atom. The largest absolute Gasteiger partial charge is 0.397 e. The van der Waals surface area contributed by atoms with Gasteiger partial charge in [-0.25, -0.2) is 14.3 Å². The van der Waals surface area contributed by atoms with Gasteiger partial charge in [0.2, 0.25) is 11.9 Å². The maximum absolute atomic E-state index is 12.8. The second-order valence-corrected chi connectivity index (χ2v) is 6.46. The number of benzene rings is 1. The summed E-state index contributed by atoms with van der Waals surface area (Å²) in [5, 5.41) is 0. The van der Waals surface area contributed by atoms with Crippen molar-refractivity contribution in [1.82, 2.24) is 9.80 Å². The summed E-state index contributed by atoms with van der Waals surface area (Å²) >= 11 is 0. The molecule has 4 rings (SSSR count). The third-order valence-electron chi connectivity index (χ3n) is 5.17. The second kappa shape index (κ2) is 5.68. The number of amides is 3. The first kappa shape index (κ1) is 15.8. The van der Waals surface area contributed by atoms with Crippen molar-refractivity contribution in [2.75, 3.05) is 31.6 Å². The van der Waals surface area contributed by atoms with E-state index in [0.29, 0.717) is 18.9 Å². The number of amidine groups is 1. The molecule has 130 valence electrons. The fourth-order valence-corrected chi connectivity index (χ4v) is 3.71. The fraction of sp³-hybridized carbons (Fsp3) is 0.444.